The molecule has 0 radical (unpaired) electrons. The number of esters is 1. The first-order valence-electron chi connectivity index (χ1n) is 18.6. The van der Waals surface area contributed by atoms with Gasteiger partial charge in [0.25, 0.3) is 0 Å². The van der Waals surface area contributed by atoms with E-state index >= 15 is 0 Å². The Hall–Kier alpha value is -0.990. The van der Waals surface area contributed by atoms with Crippen LogP contribution in [-0.4, -0.2) is 69.1 Å². The molecular weight excluding hydrogens is 556 g/mol. The number of hydrogen-bond donors (Lipinski definition) is 4. The highest BCUT2D eigenvalue weighted by Gasteiger charge is 2.34. The average molecular weight is 625 g/mol. The van der Waals surface area contributed by atoms with E-state index in [2.05, 4.69) is 6.92 Å². The highest BCUT2D eigenvalue weighted by Crippen LogP contribution is 2.28. The lowest BCUT2D eigenvalue weighted by molar-refractivity contribution is -0.139. The molecule has 0 aromatic carbocycles. The normalized spacial score (nSPS) is 23.0. The van der Waals surface area contributed by atoms with Gasteiger partial charge < -0.3 is 29.9 Å². The molecule has 0 bridgehead atoms. The molecule has 2 rings (SSSR count). The molecule has 0 saturated carbocycles. The zero-order chi connectivity index (χ0) is 32.0. The van der Waals surface area contributed by atoms with Crippen LogP contribution in [0.5, 0.6) is 0 Å². The van der Waals surface area contributed by atoms with Crippen LogP contribution >= 0.6 is 0 Å². The monoisotopic (exact) mass is 624 g/mol. The van der Waals surface area contributed by atoms with Gasteiger partial charge in [-0.25, -0.2) is 4.79 Å². The quantitative estimate of drug-likeness (QED) is 0.0518. The summed E-state index contributed by atoms with van der Waals surface area (Å²) in [6.07, 6.45) is 25.3. The summed E-state index contributed by atoms with van der Waals surface area (Å²) in [6.45, 7) is 4.07. The third-order valence-electron chi connectivity index (χ3n) is 9.61. The molecule has 44 heavy (non-hydrogen) atoms. The van der Waals surface area contributed by atoms with Crippen molar-refractivity contribution in [2.75, 3.05) is 0 Å². The molecule has 4 N–H and O–H groups in total. The van der Waals surface area contributed by atoms with Gasteiger partial charge in [-0.1, -0.05) is 110 Å². The van der Waals surface area contributed by atoms with Gasteiger partial charge in [-0.15, -0.1) is 0 Å². The molecule has 0 spiro atoms. The van der Waals surface area contributed by atoms with Gasteiger partial charge in [0.15, 0.2) is 0 Å². The molecule has 0 aromatic rings. The van der Waals surface area contributed by atoms with Gasteiger partial charge in [-0.3, -0.25) is 0 Å². The summed E-state index contributed by atoms with van der Waals surface area (Å²) in [5.74, 6) is -0.330. The summed E-state index contributed by atoms with van der Waals surface area (Å²) in [6, 6.07) is 0. The lowest BCUT2D eigenvalue weighted by atomic mass is 9.99. The van der Waals surface area contributed by atoms with Crippen molar-refractivity contribution in [3.8, 4) is 0 Å². The summed E-state index contributed by atoms with van der Waals surface area (Å²) >= 11 is 0. The summed E-state index contributed by atoms with van der Waals surface area (Å²) in [4.78, 5) is 11.7. The minimum atomic E-state index is -0.584. The average Bonchev–Trinajstić information content (AvgIpc) is 3.61. The minimum Gasteiger partial charge on any atom is -0.455 e. The summed E-state index contributed by atoms with van der Waals surface area (Å²) in [5, 5.41) is 41.8. The van der Waals surface area contributed by atoms with Crippen LogP contribution in [-0.2, 0) is 14.3 Å². The Kier molecular flexibility index (Phi) is 21.6. The molecule has 258 valence electrons. The van der Waals surface area contributed by atoms with Crippen LogP contribution in [0.15, 0.2) is 11.6 Å². The fraction of sp³-hybridized carbons (Fsp3) is 0.919. The summed E-state index contributed by atoms with van der Waals surface area (Å²) < 4.78 is 11.1. The molecule has 2 heterocycles. The summed E-state index contributed by atoms with van der Waals surface area (Å²) in [5.41, 5.74) is 0.553. The van der Waals surface area contributed by atoms with Gasteiger partial charge in [-0.05, 0) is 64.4 Å². The van der Waals surface area contributed by atoms with Crippen molar-refractivity contribution in [2.24, 2.45) is 0 Å². The fourth-order valence-electron chi connectivity index (χ4n) is 6.78. The number of carbonyl (C=O) groups excluding carboxylic acids is 1. The van der Waals surface area contributed by atoms with Gasteiger partial charge >= 0.3 is 5.97 Å². The van der Waals surface area contributed by atoms with Crippen LogP contribution in [0, 0.1) is 0 Å². The predicted molar refractivity (Wildman–Crippen MR) is 177 cm³/mol. The smallest absolute Gasteiger partial charge is 0.334 e. The van der Waals surface area contributed by atoms with Crippen molar-refractivity contribution in [1.29, 1.82) is 0 Å². The Morgan fingerprint density at radius 1 is 0.636 bits per heavy atom. The second-order valence-electron chi connectivity index (χ2n) is 13.8. The first kappa shape index (κ1) is 39.2. The van der Waals surface area contributed by atoms with E-state index in [1.807, 2.05) is 6.92 Å². The van der Waals surface area contributed by atoms with E-state index in [4.69, 9.17) is 9.47 Å². The van der Waals surface area contributed by atoms with E-state index < -0.39 is 18.3 Å². The van der Waals surface area contributed by atoms with Crippen molar-refractivity contribution in [3.05, 3.63) is 11.6 Å². The maximum atomic E-state index is 11.7. The molecule has 0 aliphatic carbocycles. The molecule has 0 amide bonds. The fourth-order valence-corrected chi connectivity index (χ4v) is 6.78. The van der Waals surface area contributed by atoms with E-state index in [-0.39, 0.29) is 30.4 Å². The van der Waals surface area contributed by atoms with Gasteiger partial charge in [-0.2, -0.15) is 0 Å². The number of unbranched alkanes of at least 4 members (excludes halogenated alkanes) is 14. The first-order chi connectivity index (χ1) is 21.3. The van der Waals surface area contributed by atoms with Crippen LogP contribution in [0.4, 0.5) is 0 Å². The Balaban J connectivity index is 1.39. The largest absolute Gasteiger partial charge is 0.455 e. The van der Waals surface area contributed by atoms with Crippen LogP contribution in [0.3, 0.4) is 0 Å². The molecule has 1 fully saturated rings. The molecule has 1 unspecified atom stereocenters. The Bertz CT molecular complexity index is 756. The number of aliphatic hydroxyl groups is 4. The number of carbonyl (C=O) groups is 1. The van der Waals surface area contributed by atoms with E-state index in [9.17, 15) is 25.2 Å². The third-order valence-corrected chi connectivity index (χ3v) is 9.61. The predicted octanol–water partition coefficient (Wildman–Crippen LogP) is 7.84. The minimum absolute atomic E-state index is 0.134. The van der Waals surface area contributed by atoms with Crippen molar-refractivity contribution >= 4 is 5.97 Å². The highest BCUT2D eigenvalue weighted by molar-refractivity contribution is 5.90. The Morgan fingerprint density at radius 3 is 1.55 bits per heavy atom. The Morgan fingerprint density at radius 2 is 1.07 bits per heavy atom. The maximum Gasteiger partial charge on any atom is 0.334 e. The number of cyclic esters (lactones) is 1. The molecular formula is C37H68O7. The molecule has 7 nitrogen and oxygen atoms in total. The Labute approximate surface area is 269 Å². The highest BCUT2D eigenvalue weighted by atomic mass is 16.5. The van der Waals surface area contributed by atoms with Crippen LogP contribution in [0.1, 0.15) is 174 Å². The van der Waals surface area contributed by atoms with Crippen molar-refractivity contribution in [1.82, 2.24) is 0 Å². The molecule has 7 heteroatoms. The van der Waals surface area contributed by atoms with E-state index in [1.165, 1.54) is 70.6 Å². The SMILES string of the molecule is CCCCCCCCCCCCCC[C@@H](O)[C@H]1CC[C@H]([C@H](O)CCCCCCC(O)CCC[C@@H](O)CC2=C[C@H](C)OC2=O)O1. The van der Waals surface area contributed by atoms with E-state index in [0.29, 0.717) is 24.8 Å². The molecule has 0 aromatic heterocycles. The van der Waals surface area contributed by atoms with Gasteiger partial charge in [0.1, 0.15) is 6.10 Å². The first-order valence-corrected chi connectivity index (χ1v) is 18.6. The number of rotatable bonds is 28. The van der Waals surface area contributed by atoms with Crippen LogP contribution in [0.25, 0.3) is 0 Å². The summed E-state index contributed by atoms with van der Waals surface area (Å²) in [7, 11) is 0. The van der Waals surface area contributed by atoms with Crippen LogP contribution < -0.4 is 0 Å². The number of ether oxygens (including phenoxy) is 2. The van der Waals surface area contributed by atoms with Crippen LogP contribution in [0.2, 0.25) is 0 Å². The lowest BCUT2D eigenvalue weighted by Crippen LogP contribution is -2.31. The second-order valence-corrected chi connectivity index (χ2v) is 13.8. The third kappa shape index (κ3) is 17.6. The van der Waals surface area contributed by atoms with Gasteiger partial charge in [0, 0.05) is 12.0 Å². The van der Waals surface area contributed by atoms with Gasteiger partial charge in [0.2, 0.25) is 0 Å². The standard InChI is InChI=1S/C37H68O7/c1-3-4-5-6-7-8-9-10-11-12-13-17-23-33(40)35-25-26-36(44-35)34(41)24-18-15-14-16-20-31(38)21-19-22-32(39)28-30-27-29(2)43-37(30)42/h27,29,31-36,38-41H,3-26,28H2,1-2H3/t29-,31?,32+,33+,34+,35+,36+/m0/s1. The molecule has 1 saturated heterocycles. The van der Waals surface area contributed by atoms with E-state index in [1.54, 1.807) is 6.08 Å². The topological polar surface area (TPSA) is 116 Å². The van der Waals surface area contributed by atoms with Crippen molar-refractivity contribution in [3.63, 3.8) is 0 Å². The molecule has 2 aliphatic rings. The molecule has 2 aliphatic heterocycles. The zero-order valence-electron chi connectivity index (χ0n) is 28.3. The maximum absolute atomic E-state index is 11.7. The van der Waals surface area contributed by atoms with Crippen molar-refractivity contribution < 1.29 is 34.7 Å². The number of hydrogen-bond acceptors (Lipinski definition) is 7. The van der Waals surface area contributed by atoms with E-state index in [0.717, 1.165) is 70.6 Å². The zero-order valence-corrected chi connectivity index (χ0v) is 28.3. The molecule has 7 atom stereocenters. The number of aliphatic hydroxyl groups excluding tert-OH is 4. The van der Waals surface area contributed by atoms with Gasteiger partial charge in [0.05, 0.1) is 36.6 Å². The lowest BCUT2D eigenvalue weighted by Gasteiger charge is -2.22. The second kappa shape index (κ2) is 24.2. The van der Waals surface area contributed by atoms with Crippen molar-refractivity contribution in [2.45, 2.75) is 217 Å².